The maximum Gasteiger partial charge on any atom is 0.273 e. The molecule has 2 heterocycles. The van der Waals surface area contributed by atoms with E-state index in [0.717, 1.165) is 35.2 Å². The Morgan fingerprint density at radius 3 is 2.66 bits per heavy atom. The van der Waals surface area contributed by atoms with Gasteiger partial charge in [-0.25, -0.2) is 4.98 Å². The summed E-state index contributed by atoms with van der Waals surface area (Å²) in [5.74, 6) is 0.522. The normalized spacial score (nSPS) is 15.9. The number of amides is 2. The zero-order valence-corrected chi connectivity index (χ0v) is 17.7. The molecule has 0 atom stereocenters. The van der Waals surface area contributed by atoms with Crippen molar-refractivity contribution in [2.75, 3.05) is 11.4 Å². The third-order valence-electron chi connectivity index (χ3n) is 5.75. The van der Waals surface area contributed by atoms with Gasteiger partial charge in [0, 0.05) is 30.3 Å². The average molecular weight is 410 g/mol. The van der Waals surface area contributed by atoms with Crippen LogP contribution in [0.1, 0.15) is 58.4 Å². The van der Waals surface area contributed by atoms with Crippen molar-refractivity contribution in [2.45, 2.75) is 46.1 Å². The van der Waals surface area contributed by atoms with Crippen LogP contribution in [0.25, 0.3) is 0 Å². The second-order valence-electron chi connectivity index (χ2n) is 7.73. The highest BCUT2D eigenvalue weighted by atomic mass is 35.5. The molecule has 0 N–H and O–H groups in total. The van der Waals surface area contributed by atoms with Crippen molar-refractivity contribution < 1.29 is 9.59 Å². The molecular formula is C23H24ClN3O2. The highest BCUT2D eigenvalue weighted by Crippen LogP contribution is 2.46. The molecule has 1 aromatic carbocycles. The highest BCUT2D eigenvalue weighted by molar-refractivity contribution is 6.27. The molecule has 2 amide bonds. The largest absolute Gasteiger partial charge is 0.333 e. The number of hydrogen-bond donors (Lipinski definition) is 0. The third-order valence-corrected chi connectivity index (χ3v) is 5.88. The molecule has 2 aromatic rings. The second-order valence-corrected chi connectivity index (χ2v) is 7.98. The minimum atomic E-state index is -0.282. The van der Waals surface area contributed by atoms with E-state index in [1.807, 2.05) is 32.0 Å². The van der Waals surface area contributed by atoms with Crippen molar-refractivity contribution in [2.24, 2.45) is 0 Å². The Morgan fingerprint density at radius 2 is 2.00 bits per heavy atom. The zero-order valence-electron chi connectivity index (χ0n) is 16.9. The van der Waals surface area contributed by atoms with Gasteiger partial charge >= 0.3 is 0 Å². The van der Waals surface area contributed by atoms with Crippen LogP contribution < -0.4 is 4.90 Å². The van der Waals surface area contributed by atoms with E-state index < -0.39 is 0 Å². The molecule has 0 unspecified atom stereocenters. The van der Waals surface area contributed by atoms with Gasteiger partial charge < -0.3 is 4.90 Å². The van der Waals surface area contributed by atoms with Crippen LogP contribution in [0.15, 0.2) is 35.9 Å². The van der Waals surface area contributed by atoms with Crippen LogP contribution in [0, 0.1) is 13.8 Å². The summed E-state index contributed by atoms with van der Waals surface area (Å²) in [6.07, 6.45) is 3.55. The number of aromatic nitrogens is 1. The lowest BCUT2D eigenvalue weighted by Gasteiger charge is -2.25. The number of hydrogen-bond acceptors (Lipinski definition) is 3. The van der Waals surface area contributed by atoms with Crippen LogP contribution in [-0.2, 0) is 11.3 Å². The van der Waals surface area contributed by atoms with E-state index >= 15 is 0 Å². The number of benzene rings is 1. The molecule has 0 radical (unpaired) electrons. The first-order chi connectivity index (χ1) is 13.9. The monoisotopic (exact) mass is 409 g/mol. The Morgan fingerprint density at radius 1 is 1.28 bits per heavy atom. The summed E-state index contributed by atoms with van der Waals surface area (Å²) in [4.78, 5) is 33.7. The molecule has 29 heavy (non-hydrogen) atoms. The predicted octanol–water partition coefficient (Wildman–Crippen LogP) is 4.97. The topological polar surface area (TPSA) is 53.5 Å². The van der Waals surface area contributed by atoms with E-state index in [2.05, 4.69) is 18.0 Å². The Labute approximate surface area is 176 Å². The predicted molar refractivity (Wildman–Crippen MR) is 115 cm³/mol. The van der Waals surface area contributed by atoms with E-state index in [9.17, 15) is 9.59 Å². The first-order valence-electron chi connectivity index (χ1n) is 9.95. The minimum absolute atomic E-state index is 0.0906. The number of rotatable bonds is 5. The second kappa shape index (κ2) is 7.64. The van der Waals surface area contributed by atoms with Crippen LogP contribution in [0.4, 0.5) is 11.5 Å². The molecule has 1 aliphatic carbocycles. The summed E-state index contributed by atoms with van der Waals surface area (Å²) in [6, 6.07) is 7.92. The Bertz CT molecular complexity index is 1030. The minimum Gasteiger partial charge on any atom is -0.333 e. The van der Waals surface area contributed by atoms with E-state index in [0.29, 0.717) is 30.5 Å². The molecule has 150 valence electrons. The summed E-state index contributed by atoms with van der Waals surface area (Å²) in [5, 5.41) is 0. The van der Waals surface area contributed by atoms with Gasteiger partial charge in [0.15, 0.2) is 0 Å². The van der Waals surface area contributed by atoms with Crippen LogP contribution in [-0.4, -0.2) is 28.2 Å². The molecule has 2 aliphatic rings. The van der Waals surface area contributed by atoms with Gasteiger partial charge in [-0.15, -0.1) is 0 Å². The van der Waals surface area contributed by atoms with Gasteiger partial charge in [0.05, 0.1) is 5.69 Å². The molecule has 1 fully saturated rings. The van der Waals surface area contributed by atoms with Gasteiger partial charge in [-0.3, -0.25) is 14.5 Å². The van der Waals surface area contributed by atoms with Crippen molar-refractivity contribution in [3.63, 3.8) is 0 Å². The van der Waals surface area contributed by atoms with Crippen molar-refractivity contribution in [3.8, 4) is 0 Å². The third kappa shape index (κ3) is 3.55. The van der Waals surface area contributed by atoms with Crippen LogP contribution in [0.3, 0.4) is 0 Å². The van der Waals surface area contributed by atoms with Crippen LogP contribution in [0.2, 0.25) is 0 Å². The smallest absolute Gasteiger partial charge is 0.273 e. The van der Waals surface area contributed by atoms with E-state index in [-0.39, 0.29) is 11.8 Å². The molecule has 0 spiro atoms. The Hall–Kier alpha value is -2.66. The molecule has 6 heteroatoms. The average Bonchev–Trinajstić information content (AvgIpc) is 3.49. The lowest BCUT2D eigenvalue weighted by molar-refractivity contribution is -0.113. The van der Waals surface area contributed by atoms with Gasteiger partial charge in [-0.1, -0.05) is 23.7 Å². The maximum atomic E-state index is 13.1. The molecular weight excluding hydrogens is 386 g/mol. The Kier molecular flexibility index (Phi) is 5.17. The molecule has 5 nitrogen and oxygen atoms in total. The number of anilines is 2. The lowest BCUT2D eigenvalue weighted by Crippen LogP contribution is -2.27. The van der Waals surface area contributed by atoms with E-state index in [1.54, 1.807) is 9.80 Å². The zero-order chi connectivity index (χ0) is 20.7. The molecule has 1 aromatic heterocycles. The van der Waals surface area contributed by atoms with Gasteiger partial charge in [-0.2, -0.15) is 0 Å². The Balaban J connectivity index is 1.86. The molecule has 0 saturated heterocycles. The summed E-state index contributed by atoms with van der Waals surface area (Å²) >= 11 is 5.73. The summed E-state index contributed by atoms with van der Waals surface area (Å²) < 4.78 is 0. The van der Waals surface area contributed by atoms with Crippen molar-refractivity contribution in [1.29, 1.82) is 0 Å². The molecule has 1 aliphatic heterocycles. The summed E-state index contributed by atoms with van der Waals surface area (Å²) in [6.45, 7) is 7.26. The first kappa shape index (κ1) is 19.6. The van der Waals surface area contributed by atoms with E-state index in [1.165, 1.54) is 17.2 Å². The van der Waals surface area contributed by atoms with Gasteiger partial charge in [0.25, 0.3) is 11.8 Å². The van der Waals surface area contributed by atoms with Gasteiger partial charge in [0.1, 0.15) is 11.5 Å². The molecule has 1 saturated carbocycles. The van der Waals surface area contributed by atoms with Gasteiger partial charge in [-0.05, 0) is 68.4 Å². The van der Waals surface area contributed by atoms with Gasteiger partial charge in [0.2, 0.25) is 0 Å². The van der Waals surface area contributed by atoms with Crippen molar-refractivity contribution >= 4 is 34.9 Å². The molecule has 4 rings (SSSR count). The SMILES string of the molecule is CCN1Cc2ccc(N(C(=O)/C=C/Cl)c3cc(C)c(C)cc3C3CC3)nc2C1=O. The maximum absolute atomic E-state index is 13.1. The lowest BCUT2D eigenvalue weighted by atomic mass is 9.99. The summed E-state index contributed by atoms with van der Waals surface area (Å²) in [7, 11) is 0. The number of carbonyl (C=O) groups is 2. The number of nitrogens with zero attached hydrogens (tertiary/aromatic N) is 3. The van der Waals surface area contributed by atoms with Crippen molar-refractivity contribution in [1.82, 2.24) is 9.88 Å². The highest BCUT2D eigenvalue weighted by Gasteiger charge is 2.33. The number of halogens is 1. The van der Waals surface area contributed by atoms with Crippen LogP contribution >= 0.6 is 11.6 Å². The quantitative estimate of drug-likeness (QED) is 0.655. The van der Waals surface area contributed by atoms with Crippen molar-refractivity contribution in [3.05, 3.63) is 63.8 Å². The number of carbonyl (C=O) groups excluding carboxylic acids is 2. The first-order valence-corrected chi connectivity index (χ1v) is 10.4. The number of fused-ring (bicyclic) bond motifs is 1. The van der Waals surface area contributed by atoms with E-state index in [4.69, 9.17) is 11.6 Å². The summed E-state index contributed by atoms with van der Waals surface area (Å²) in [5.41, 5.74) is 6.80. The fourth-order valence-corrected chi connectivity index (χ4v) is 3.93. The number of aryl methyl sites for hydroxylation is 2. The number of pyridine rings is 1. The molecule has 0 bridgehead atoms. The fraction of sp³-hybridized carbons (Fsp3) is 0.348. The van der Waals surface area contributed by atoms with Crippen LogP contribution in [0.5, 0.6) is 0 Å². The standard InChI is InChI=1S/C23H24ClN3O2/c1-4-26-13-17-7-8-20(25-22(17)23(26)29)27(21(28)9-10-24)19-12-15(3)14(2)11-18(19)16-5-6-16/h7-12,16H,4-6,13H2,1-3H3/b10-9+. The fourth-order valence-electron chi connectivity index (χ4n) is 3.82.